The molecule has 2 saturated carbocycles. The zero-order chi connectivity index (χ0) is 24.7. The van der Waals surface area contributed by atoms with E-state index in [0.29, 0.717) is 42.8 Å². The van der Waals surface area contributed by atoms with E-state index in [1.807, 2.05) is 36.4 Å². The Morgan fingerprint density at radius 2 is 1.86 bits per heavy atom. The number of aromatic hydroxyl groups is 1. The molecule has 8 heteroatoms. The van der Waals surface area contributed by atoms with Crippen LogP contribution in [0.4, 0.5) is 0 Å². The minimum absolute atomic E-state index is 0.0582. The number of rotatable bonds is 6. The number of carbonyl (C=O) groups excluding carboxylic acids is 1. The van der Waals surface area contributed by atoms with Gasteiger partial charge in [0.15, 0.2) is 0 Å². The van der Waals surface area contributed by atoms with Gasteiger partial charge in [0.05, 0.1) is 18.6 Å². The number of amides is 1. The van der Waals surface area contributed by atoms with Gasteiger partial charge in [-0.2, -0.15) is 0 Å². The highest BCUT2D eigenvalue weighted by Crippen LogP contribution is 2.55. The van der Waals surface area contributed by atoms with Crippen LogP contribution in [0.2, 0.25) is 0 Å². The van der Waals surface area contributed by atoms with Crippen molar-refractivity contribution in [3.63, 3.8) is 0 Å². The second kappa shape index (κ2) is 9.33. The molecule has 6 rings (SSSR count). The Morgan fingerprint density at radius 3 is 2.56 bits per heavy atom. The van der Waals surface area contributed by atoms with Crippen LogP contribution in [0.1, 0.15) is 42.5 Å². The third-order valence-corrected chi connectivity index (χ3v) is 8.26. The van der Waals surface area contributed by atoms with Gasteiger partial charge >= 0.3 is 0 Å². The lowest BCUT2D eigenvalue weighted by molar-refractivity contribution is -0.000679. The molecule has 8 nitrogen and oxygen atoms in total. The summed E-state index contributed by atoms with van der Waals surface area (Å²) < 4.78 is 6.98. The van der Waals surface area contributed by atoms with Gasteiger partial charge in [0.2, 0.25) is 0 Å². The fraction of sp³-hybridized carbons (Fsp3) is 0.464. The maximum atomic E-state index is 13.6. The second-order valence-corrected chi connectivity index (χ2v) is 10.5. The number of fused-ring (bicyclic) bond motifs is 1. The van der Waals surface area contributed by atoms with E-state index in [2.05, 4.69) is 15.2 Å². The molecule has 2 N–H and O–H groups in total. The first-order valence-electron chi connectivity index (χ1n) is 12.9. The van der Waals surface area contributed by atoms with Crippen LogP contribution in [-0.4, -0.2) is 64.4 Å². The van der Waals surface area contributed by atoms with Crippen molar-refractivity contribution in [2.75, 3.05) is 32.8 Å². The minimum atomic E-state index is -0.497. The molecule has 1 aliphatic heterocycles. The first kappa shape index (κ1) is 23.2. The minimum Gasteiger partial charge on any atom is -0.506 e. The molecule has 0 bridgehead atoms. The highest BCUT2D eigenvalue weighted by Gasteiger charge is 2.48. The Balaban J connectivity index is 1.37. The predicted octanol–water partition coefficient (Wildman–Crippen LogP) is 3.16. The van der Waals surface area contributed by atoms with Gasteiger partial charge in [-0.15, -0.1) is 0 Å². The molecule has 3 fully saturated rings. The standard InChI is InChI=1S/C28H32N4O4/c33-24-22-15-20(19-5-2-1-3-6-19)18-29-25(22)32(10-9-31-11-13-36-14-12-31)27(35)23(24)26(34)30-21-16-28(17-21)7-4-8-28/h1-3,5-6,15,18,21,33H,4,7-14,16-17H2,(H,30,34). The molecule has 2 aromatic heterocycles. The van der Waals surface area contributed by atoms with E-state index < -0.39 is 11.5 Å². The number of ether oxygens (including phenoxy) is 1. The Bertz CT molecular complexity index is 1340. The van der Waals surface area contributed by atoms with E-state index in [4.69, 9.17) is 4.74 Å². The Morgan fingerprint density at radius 1 is 1.11 bits per heavy atom. The fourth-order valence-electron chi connectivity index (χ4n) is 6.01. The number of morpholine rings is 1. The Hall–Kier alpha value is -3.23. The summed E-state index contributed by atoms with van der Waals surface area (Å²) in [6, 6.07) is 11.6. The molecule has 1 amide bonds. The van der Waals surface area contributed by atoms with E-state index in [-0.39, 0.29) is 17.4 Å². The van der Waals surface area contributed by atoms with Crippen molar-refractivity contribution in [1.29, 1.82) is 0 Å². The molecule has 1 spiro atoms. The van der Waals surface area contributed by atoms with Gasteiger partial charge in [0.25, 0.3) is 11.5 Å². The summed E-state index contributed by atoms with van der Waals surface area (Å²) in [7, 11) is 0. The van der Waals surface area contributed by atoms with Crippen LogP contribution < -0.4 is 10.9 Å². The molecular formula is C28H32N4O4. The normalized spacial score (nSPS) is 19.7. The number of hydrogen-bond acceptors (Lipinski definition) is 6. The molecule has 188 valence electrons. The third-order valence-electron chi connectivity index (χ3n) is 8.26. The first-order chi connectivity index (χ1) is 17.5. The van der Waals surface area contributed by atoms with E-state index in [1.54, 1.807) is 10.8 Å². The van der Waals surface area contributed by atoms with Crippen LogP contribution in [0.15, 0.2) is 47.4 Å². The first-order valence-corrected chi connectivity index (χ1v) is 12.9. The van der Waals surface area contributed by atoms with E-state index in [9.17, 15) is 14.7 Å². The average Bonchev–Trinajstić information content (AvgIpc) is 2.86. The molecule has 0 unspecified atom stereocenters. The molecular weight excluding hydrogens is 456 g/mol. The smallest absolute Gasteiger partial charge is 0.268 e. The third kappa shape index (κ3) is 4.18. The molecule has 3 aromatic rings. The summed E-state index contributed by atoms with van der Waals surface area (Å²) in [6.45, 7) is 3.94. The second-order valence-electron chi connectivity index (χ2n) is 10.5. The zero-order valence-corrected chi connectivity index (χ0v) is 20.4. The van der Waals surface area contributed by atoms with Crippen molar-refractivity contribution >= 4 is 16.9 Å². The summed E-state index contributed by atoms with van der Waals surface area (Å²) in [4.78, 5) is 33.8. The molecule has 0 radical (unpaired) electrons. The van der Waals surface area contributed by atoms with Crippen LogP contribution in [0.3, 0.4) is 0 Å². The van der Waals surface area contributed by atoms with Crippen molar-refractivity contribution < 1.29 is 14.6 Å². The summed E-state index contributed by atoms with van der Waals surface area (Å²) in [5.41, 5.74) is 1.86. The lowest BCUT2D eigenvalue weighted by atomic mass is 9.54. The largest absolute Gasteiger partial charge is 0.506 e. The lowest BCUT2D eigenvalue weighted by Gasteiger charge is -2.54. The number of benzene rings is 1. The molecule has 0 atom stereocenters. The summed E-state index contributed by atoms with van der Waals surface area (Å²) >= 11 is 0. The predicted molar refractivity (Wildman–Crippen MR) is 137 cm³/mol. The molecule has 1 saturated heterocycles. The topological polar surface area (TPSA) is 96.7 Å². The number of aromatic nitrogens is 2. The summed E-state index contributed by atoms with van der Waals surface area (Å²) in [5, 5.41) is 14.7. The molecule has 2 aliphatic carbocycles. The van der Waals surface area contributed by atoms with E-state index >= 15 is 0 Å². The van der Waals surface area contributed by atoms with Crippen molar-refractivity contribution in [2.24, 2.45) is 5.41 Å². The van der Waals surface area contributed by atoms with Crippen LogP contribution in [0.25, 0.3) is 22.2 Å². The number of carbonyl (C=O) groups is 1. The van der Waals surface area contributed by atoms with Crippen molar-refractivity contribution in [3.05, 3.63) is 58.5 Å². The van der Waals surface area contributed by atoms with Gasteiger partial charge in [0.1, 0.15) is 17.0 Å². The highest BCUT2D eigenvalue weighted by molar-refractivity contribution is 6.02. The monoisotopic (exact) mass is 488 g/mol. The van der Waals surface area contributed by atoms with Gasteiger partial charge in [-0.1, -0.05) is 36.8 Å². The van der Waals surface area contributed by atoms with Gasteiger partial charge < -0.3 is 15.2 Å². The van der Waals surface area contributed by atoms with Crippen molar-refractivity contribution in [3.8, 4) is 16.9 Å². The van der Waals surface area contributed by atoms with Gasteiger partial charge in [0, 0.05) is 44.0 Å². The summed E-state index contributed by atoms with van der Waals surface area (Å²) in [5.74, 6) is -0.790. The lowest BCUT2D eigenvalue weighted by Crippen LogP contribution is -2.54. The van der Waals surface area contributed by atoms with Crippen molar-refractivity contribution in [2.45, 2.75) is 44.7 Å². The number of hydrogen-bond donors (Lipinski definition) is 2. The van der Waals surface area contributed by atoms with Gasteiger partial charge in [-0.25, -0.2) is 4.98 Å². The van der Waals surface area contributed by atoms with Crippen molar-refractivity contribution in [1.82, 2.24) is 19.8 Å². The highest BCUT2D eigenvalue weighted by atomic mass is 16.5. The SMILES string of the molecule is O=C(NC1CC2(CCC2)C1)c1c(O)c2cc(-c3ccccc3)cnc2n(CCN2CCOCC2)c1=O. The molecule has 3 aliphatic rings. The molecule has 36 heavy (non-hydrogen) atoms. The van der Waals surface area contributed by atoms with Crippen LogP contribution in [-0.2, 0) is 11.3 Å². The Kier molecular flexibility index (Phi) is 6.01. The van der Waals surface area contributed by atoms with Crippen LogP contribution in [0, 0.1) is 5.41 Å². The Labute approximate surface area is 209 Å². The van der Waals surface area contributed by atoms with E-state index in [1.165, 1.54) is 19.3 Å². The maximum absolute atomic E-state index is 13.6. The molecule has 1 aromatic carbocycles. The fourth-order valence-corrected chi connectivity index (χ4v) is 6.01. The zero-order valence-electron chi connectivity index (χ0n) is 20.4. The molecule has 3 heterocycles. The van der Waals surface area contributed by atoms with Crippen LogP contribution >= 0.6 is 0 Å². The van der Waals surface area contributed by atoms with E-state index in [0.717, 1.165) is 37.1 Å². The summed E-state index contributed by atoms with van der Waals surface area (Å²) in [6.07, 6.45) is 7.34. The number of nitrogens with zero attached hydrogens (tertiary/aromatic N) is 3. The quantitative estimate of drug-likeness (QED) is 0.553. The van der Waals surface area contributed by atoms with Gasteiger partial charge in [-0.05, 0) is 42.7 Å². The maximum Gasteiger partial charge on any atom is 0.268 e. The van der Waals surface area contributed by atoms with Crippen LogP contribution in [0.5, 0.6) is 5.75 Å². The number of nitrogens with one attached hydrogen (secondary N) is 1. The number of pyridine rings is 2. The van der Waals surface area contributed by atoms with Gasteiger partial charge in [-0.3, -0.25) is 19.1 Å². The average molecular weight is 489 g/mol.